The summed E-state index contributed by atoms with van der Waals surface area (Å²) in [5, 5.41) is 4.47. The van der Waals surface area contributed by atoms with Crippen LogP contribution in [0.4, 0.5) is 11.4 Å². The molecule has 0 aromatic heterocycles. The maximum Gasteiger partial charge on any atom is 0.185 e. The molecule has 3 aromatic rings. The Labute approximate surface area is 165 Å². The van der Waals surface area contributed by atoms with Crippen LogP contribution in [-0.4, -0.2) is 5.78 Å². The van der Waals surface area contributed by atoms with E-state index in [0.29, 0.717) is 15.6 Å². The summed E-state index contributed by atoms with van der Waals surface area (Å²) in [7, 11) is 0. The maximum atomic E-state index is 12.5. The molecule has 0 fully saturated rings. The molecule has 0 saturated carbocycles. The van der Waals surface area contributed by atoms with E-state index in [9.17, 15) is 4.79 Å². The van der Waals surface area contributed by atoms with E-state index in [1.54, 1.807) is 36.0 Å². The van der Waals surface area contributed by atoms with Gasteiger partial charge in [-0.15, -0.1) is 0 Å². The van der Waals surface area contributed by atoms with Gasteiger partial charge in [0.1, 0.15) is 0 Å². The molecule has 0 atom stereocenters. The normalized spacial score (nSPS) is 12.4. The zero-order valence-corrected chi connectivity index (χ0v) is 15.8. The molecule has 0 radical (unpaired) electrons. The zero-order valence-electron chi connectivity index (χ0n) is 13.5. The highest BCUT2D eigenvalue weighted by atomic mass is 35.5. The lowest BCUT2D eigenvalue weighted by Gasteiger charge is -2.20. The molecular formula is C21H13Cl2NOS. The number of nitrogens with one attached hydrogen (secondary N) is 1. The Morgan fingerprint density at radius 3 is 2.58 bits per heavy atom. The van der Waals surface area contributed by atoms with E-state index in [-0.39, 0.29) is 5.78 Å². The van der Waals surface area contributed by atoms with Crippen LogP contribution in [0.5, 0.6) is 0 Å². The number of carbonyl (C=O) groups excluding carboxylic acids is 1. The molecule has 26 heavy (non-hydrogen) atoms. The fraction of sp³-hybridized carbons (Fsp3) is 0. The lowest BCUT2D eigenvalue weighted by molar-refractivity contribution is 0.104. The Balaban J connectivity index is 1.57. The first-order chi connectivity index (χ1) is 12.6. The quantitative estimate of drug-likeness (QED) is 0.295. The Kier molecular flexibility index (Phi) is 4.77. The number of rotatable bonds is 3. The molecule has 2 nitrogen and oxygen atoms in total. The second kappa shape index (κ2) is 7.20. The highest BCUT2D eigenvalue weighted by Crippen LogP contribution is 2.44. The van der Waals surface area contributed by atoms with E-state index in [2.05, 4.69) is 11.4 Å². The van der Waals surface area contributed by atoms with Crippen LogP contribution in [0.2, 0.25) is 10.0 Å². The largest absolute Gasteiger partial charge is 0.354 e. The maximum absolute atomic E-state index is 12.5. The summed E-state index contributed by atoms with van der Waals surface area (Å²) in [6.07, 6.45) is 3.23. The Morgan fingerprint density at radius 1 is 0.923 bits per heavy atom. The van der Waals surface area contributed by atoms with E-state index >= 15 is 0 Å². The van der Waals surface area contributed by atoms with Gasteiger partial charge in [-0.1, -0.05) is 53.2 Å². The van der Waals surface area contributed by atoms with Gasteiger partial charge in [0.05, 0.1) is 11.4 Å². The Hall–Kier alpha value is -2.20. The van der Waals surface area contributed by atoms with Crippen molar-refractivity contribution in [3.63, 3.8) is 0 Å². The van der Waals surface area contributed by atoms with Crippen molar-refractivity contribution in [3.8, 4) is 0 Å². The molecule has 0 aliphatic carbocycles. The summed E-state index contributed by atoms with van der Waals surface area (Å²) >= 11 is 13.7. The molecule has 5 heteroatoms. The number of carbonyl (C=O) groups is 1. The van der Waals surface area contributed by atoms with Gasteiger partial charge < -0.3 is 5.32 Å². The number of para-hydroxylation sites is 1. The third-order valence-electron chi connectivity index (χ3n) is 4.02. The van der Waals surface area contributed by atoms with Crippen molar-refractivity contribution < 1.29 is 4.79 Å². The van der Waals surface area contributed by atoms with Gasteiger partial charge in [0.2, 0.25) is 0 Å². The van der Waals surface area contributed by atoms with Crippen LogP contribution < -0.4 is 5.32 Å². The van der Waals surface area contributed by atoms with Crippen molar-refractivity contribution in [2.45, 2.75) is 9.79 Å². The molecule has 1 heterocycles. The van der Waals surface area contributed by atoms with Crippen LogP contribution in [0.1, 0.15) is 15.9 Å². The third-order valence-corrected chi connectivity index (χ3v) is 5.73. The molecule has 128 valence electrons. The molecule has 0 unspecified atom stereocenters. The van der Waals surface area contributed by atoms with Crippen molar-refractivity contribution in [2.75, 3.05) is 5.32 Å². The molecule has 1 aliphatic rings. The van der Waals surface area contributed by atoms with Gasteiger partial charge in [-0.2, -0.15) is 0 Å². The van der Waals surface area contributed by atoms with E-state index in [1.807, 2.05) is 36.4 Å². The van der Waals surface area contributed by atoms with Crippen LogP contribution in [0.3, 0.4) is 0 Å². The van der Waals surface area contributed by atoms with Gasteiger partial charge in [-0.05, 0) is 60.2 Å². The average molecular weight is 398 g/mol. The second-order valence-corrected chi connectivity index (χ2v) is 7.72. The molecular weight excluding hydrogens is 385 g/mol. The standard InChI is InChI=1S/C21H13Cl2NOS/c22-15-8-5-13(16(23)12-15)6-9-19(25)14-7-10-21-18(11-14)24-17-3-1-2-4-20(17)26-21/h1-12,24H/b9-6+. The number of benzene rings is 3. The van der Waals surface area contributed by atoms with Crippen molar-refractivity contribution in [1.82, 2.24) is 0 Å². The van der Waals surface area contributed by atoms with Crippen molar-refractivity contribution in [3.05, 3.63) is 87.9 Å². The minimum atomic E-state index is -0.0792. The summed E-state index contributed by atoms with van der Waals surface area (Å²) in [5.74, 6) is -0.0792. The molecule has 0 spiro atoms. The van der Waals surface area contributed by atoms with Crippen molar-refractivity contribution >= 4 is 58.2 Å². The number of halogens is 2. The van der Waals surface area contributed by atoms with Gasteiger partial charge in [0.25, 0.3) is 0 Å². The minimum absolute atomic E-state index is 0.0792. The molecule has 4 rings (SSSR count). The topological polar surface area (TPSA) is 29.1 Å². The van der Waals surface area contributed by atoms with Gasteiger partial charge in [0, 0.05) is 25.4 Å². The van der Waals surface area contributed by atoms with E-state index < -0.39 is 0 Å². The predicted molar refractivity (Wildman–Crippen MR) is 110 cm³/mol. The number of anilines is 2. The lowest BCUT2D eigenvalue weighted by Crippen LogP contribution is -2.02. The lowest BCUT2D eigenvalue weighted by atomic mass is 10.1. The number of hydrogen-bond donors (Lipinski definition) is 1. The third kappa shape index (κ3) is 3.51. The monoisotopic (exact) mass is 397 g/mol. The van der Waals surface area contributed by atoms with E-state index in [1.165, 1.54) is 11.0 Å². The molecule has 1 aliphatic heterocycles. The first kappa shape index (κ1) is 17.2. The first-order valence-electron chi connectivity index (χ1n) is 7.95. The number of allylic oxidation sites excluding steroid dienone is 1. The van der Waals surface area contributed by atoms with Crippen molar-refractivity contribution in [2.24, 2.45) is 0 Å². The SMILES string of the molecule is O=C(/C=C/c1ccc(Cl)cc1Cl)c1ccc2c(c1)Nc1ccccc1S2. The van der Waals surface area contributed by atoms with E-state index in [0.717, 1.165) is 21.8 Å². The number of hydrogen-bond acceptors (Lipinski definition) is 3. The van der Waals surface area contributed by atoms with Gasteiger partial charge in [-0.25, -0.2) is 0 Å². The minimum Gasteiger partial charge on any atom is -0.354 e. The van der Waals surface area contributed by atoms with E-state index in [4.69, 9.17) is 23.2 Å². The first-order valence-corrected chi connectivity index (χ1v) is 9.53. The smallest absolute Gasteiger partial charge is 0.185 e. The summed E-state index contributed by atoms with van der Waals surface area (Å²) in [6.45, 7) is 0. The van der Waals surface area contributed by atoms with Gasteiger partial charge >= 0.3 is 0 Å². The average Bonchev–Trinajstić information content (AvgIpc) is 2.65. The molecule has 1 N–H and O–H groups in total. The summed E-state index contributed by atoms with van der Waals surface area (Å²) in [4.78, 5) is 14.8. The summed E-state index contributed by atoms with van der Waals surface area (Å²) in [6, 6.07) is 19.0. The number of ketones is 1. The van der Waals surface area contributed by atoms with Gasteiger partial charge in [-0.3, -0.25) is 4.79 Å². The van der Waals surface area contributed by atoms with Gasteiger partial charge in [0.15, 0.2) is 5.78 Å². The Bertz CT molecular complexity index is 1050. The summed E-state index contributed by atoms with van der Waals surface area (Å²) < 4.78 is 0. The molecule has 0 saturated heterocycles. The van der Waals surface area contributed by atoms with Crippen LogP contribution in [0, 0.1) is 0 Å². The molecule has 0 amide bonds. The van der Waals surface area contributed by atoms with Crippen LogP contribution >= 0.6 is 35.0 Å². The summed E-state index contributed by atoms with van der Waals surface area (Å²) in [5.41, 5.74) is 3.37. The number of fused-ring (bicyclic) bond motifs is 2. The molecule has 0 bridgehead atoms. The fourth-order valence-corrected chi connectivity index (χ4v) is 4.13. The zero-order chi connectivity index (χ0) is 18.1. The Morgan fingerprint density at radius 2 is 1.73 bits per heavy atom. The predicted octanol–water partition coefficient (Wildman–Crippen LogP) is 7.10. The molecule has 3 aromatic carbocycles. The highest BCUT2D eigenvalue weighted by Gasteiger charge is 2.16. The van der Waals surface area contributed by atoms with Crippen LogP contribution in [0.15, 0.2) is 76.5 Å². The second-order valence-electron chi connectivity index (χ2n) is 5.80. The highest BCUT2D eigenvalue weighted by molar-refractivity contribution is 7.99. The van der Waals surface area contributed by atoms with Crippen LogP contribution in [-0.2, 0) is 0 Å². The van der Waals surface area contributed by atoms with Crippen LogP contribution in [0.25, 0.3) is 6.08 Å². The van der Waals surface area contributed by atoms with Crippen molar-refractivity contribution in [1.29, 1.82) is 0 Å². The fourth-order valence-electron chi connectivity index (χ4n) is 2.69.